The van der Waals surface area contributed by atoms with Gasteiger partial charge in [0.2, 0.25) is 0 Å². The van der Waals surface area contributed by atoms with Crippen LogP contribution in [-0.4, -0.2) is 11.5 Å². The minimum Gasteiger partial charge on any atom is -0.305 e. The maximum Gasteiger partial charge on any atom is 0.141 e. The summed E-state index contributed by atoms with van der Waals surface area (Å²) in [5.74, 6) is -0.628. The lowest BCUT2D eigenvalue weighted by Gasteiger charge is -2.18. The molecule has 1 aromatic carbocycles. The molecular formula is C15H16F2N2. The number of halogens is 2. The number of aromatic nitrogens is 1. The Balaban J connectivity index is 2.38. The van der Waals surface area contributed by atoms with E-state index in [4.69, 9.17) is 0 Å². The van der Waals surface area contributed by atoms with E-state index in [-0.39, 0.29) is 17.7 Å². The molecule has 2 nitrogen and oxygen atoms in total. The molecule has 0 fully saturated rings. The second kappa shape index (κ2) is 5.89. The van der Waals surface area contributed by atoms with Crippen LogP contribution < -0.4 is 5.32 Å². The van der Waals surface area contributed by atoms with Crippen LogP contribution in [0.4, 0.5) is 8.78 Å². The minimum absolute atomic E-state index is 0.235. The van der Waals surface area contributed by atoms with Crippen molar-refractivity contribution in [1.29, 1.82) is 0 Å². The number of aryl methyl sites for hydroxylation is 1. The Morgan fingerprint density at radius 1 is 1.21 bits per heavy atom. The maximum absolute atomic E-state index is 13.7. The highest BCUT2D eigenvalue weighted by atomic mass is 19.1. The third-order valence-electron chi connectivity index (χ3n) is 2.98. The van der Waals surface area contributed by atoms with Gasteiger partial charge in [-0.15, -0.1) is 0 Å². The summed E-state index contributed by atoms with van der Waals surface area (Å²) in [6.45, 7) is 4.39. The normalized spacial score (nSPS) is 12.4. The monoisotopic (exact) mass is 262 g/mol. The van der Waals surface area contributed by atoms with Crippen LogP contribution >= 0.6 is 0 Å². The van der Waals surface area contributed by atoms with Crippen molar-refractivity contribution >= 4 is 0 Å². The summed E-state index contributed by atoms with van der Waals surface area (Å²) in [5.41, 5.74) is 2.06. The quantitative estimate of drug-likeness (QED) is 0.913. The highest BCUT2D eigenvalue weighted by Gasteiger charge is 2.15. The van der Waals surface area contributed by atoms with E-state index >= 15 is 0 Å². The van der Waals surface area contributed by atoms with Gasteiger partial charge in [0, 0.05) is 0 Å². The molecule has 0 amide bonds. The second-order valence-electron chi connectivity index (χ2n) is 4.40. The zero-order valence-electron chi connectivity index (χ0n) is 11.0. The van der Waals surface area contributed by atoms with Gasteiger partial charge >= 0.3 is 0 Å². The average molecular weight is 262 g/mol. The number of rotatable bonds is 4. The molecule has 100 valence electrons. The van der Waals surface area contributed by atoms with E-state index in [1.165, 1.54) is 18.3 Å². The van der Waals surface area contributed by atoms with Crippen LogP contribution in [0.25, 0.3) is 0 Å². The Morgan fingerprint density at radius 3 is 2.58 bits per heavy atom. The fraction of sp³-hybridized carbons (Fsp3) is 0.267. The number of pyridine rings is 1. The van der Waals surface area contributed by atoms with E-state index in [2.05, 4.69) is 10.3 Å². The van der Waals surface area contributed by atoms with Crippen LogP contribution in [0.3, 0.4) is 0 Å². The van der Waals surface area contributed by atoms with Gasteiger partial charge in [-0.05, 0) is 42.8 Å². The van der Waals surface area contributed by atoms with Crippen molar-refractivity contribution in [2.24, 2.45) is 0 Å². The lowest BCUT2D eigenvalue weighted by Crippen LogP contribution is -2.23. The van der Waals surface area contributed by atoms with Gasteiger partial charge in [0.15, 0.2) is 0 Å². The van der Waals surface area contributed by atoms with E-state index in [0.717, 1.165) is 5.56 Å². The molecule has 1 atom stereocenters. The Labute approximate surface area is 111 Å². The predicted octanol–water partition coefficient (Wildman–Crippen LogP) is 3.37. The molecule has 1 unspecified atom stereocenters. The molecule has 0 bridgehead atoms. The molecule has 2 aromatic rings. The van der Waals surface area contributed by atoms with Gasteiger partial charge < -0.3 is 5.32 Å². The second-order valence-corrected chi connectivity index (χ2v) is 4.40. The van der Waals surface area contributed by atoms with Crippen LogP contribution in [0.5, 0.6) is 0 Å². The topological polar surface area (TPSA) is 24.9 Å². The lowest BCUT2D eigenvalue weighted by atomic mass is 10.0. The average Bonchev–Trinajstić information content (AvgIpc) is 2.41. The zero-order chi connectivity index (χ0) is 13.8. The molecule has 0 saturated heterocycles. The SMILES string of the molecule is CCNC(c1ccc(C)c(F)c1)c1ccc(F)cn1. The lowest BCUT2D eigenvalue weighted by molar-refractivity contribution is 0.582. The van der Waals surface area contributed by atoms with Crippen LogP contribution in [0.2, 0.25) is 0 Å². The number of benzene rings is 1. The fourth-order valence-electron chi connectivity index (χ4n) is 1.94. The van der Waals surface area contributed by atoms with Crippen molar-refractivity contribution in [2.45, 2.75) is 19.9 Å². The van der Waals surface area contributed by atoms with Crippen molar-refractivity contribution < 1.29 is 8.78 Å². The number of hydrogen-bond donors (Lipinski definition) is 1. The molecule has 0 saturated carbocycles. The van der Waals surface area contributed by atoms with E-state index in [0.29, 0.717) is 17.8 Å². The molecule has 0 spiro atoms. The van der Waals surface area contributed by atoms with Gasteiger partial charge in [0.25, 0.3) is 0 Å². The van der Waals surface area contributed by atoms with Gasteiger partial charge in [-0.2, -0.15) is 0 Å². The highest BCUT2D eigenvalue weighted by molar-refractivity contribution is 5.31. The smallest absolute Gasteiger partial charge is 0.141 e. The summed E-state index contributed by atoms with van der Waals surface area (Å²) in [4.78, 5) is 4.07. The first-order valence-corrected chi connectivity index (χ1v) is 6.22. The third kappa shape index (κ3) is 3.15. The standard InChI is InChI=1S/C15H16F2N2/c1-3-18-15(14-7-6-12(16)9-19-14)11-5-4-10(2)13(17)8-11/h4-9,15,18H,3H2,1-2H3. The third-order valence-corrected chi connectivity index (χ3v) is 2.98. The van der Waals surface area contributed by atoms with Crippen LogP contribution in [0.1, 0.15) is 29.8 Å². The molecule has 0 aliphatic heterocycles. The van der Waals surface area contributed by atoms with E-state index in [9.17, 15) is 8.78 Å². The zero-order valence-corrected chi connectivity index (χ0v) is 11.0. The van der Waals surface area contributed by atoms with E-state index in [1.54, 1.807) is 19.1 Å². The minimum atomic E-state index is -0.380. The van der Waals surface area contributed by atoms with Gasteiger partial charge in [-0.1, -0.05) is 19.1 Å². The van der Waals surface area contributed by atoms with Crippen molar-refractivity contribution in [2.75, 3.05) is 6.54 Å². The fourth-order valence-corrected chi connectivity index (χ4v) is 1.94. The van der Waals surface area contributed by atoms with Crippen molar-refractivity contribution in [3.8, 4) is 0 Å². The predicted molar refractivity (Wildman–Crippen MR) is 70.9 cm³/mol. The molecule has 1 heterocycles. The first-order valence-electron chi connectivity index (χ1n) is 6.22. The van der Waals surface area contributed by atoms with Crippen molar-refractivity contribution in [3.05, 3.63) is 65.0 Å². The van der Waals surface area contributed by atoms with E-state index < -0.39 is 0 Å². The molecule has 19 heavy (non-hydrogen) atoms. The highest BCUT2D eigenvalue weighted by Crippen LogP contribution is 2.22. The maximum atomic E-state index is 13.7. The van der Waals surface area contributed by atoms with Crippen LogP contribution in [0, 0.1) is 18.6 Å². The summed E-state index contributed by atoms with van der Waals surface area (Å²) < 4.78 is 26.6. The number of hydrogen-bond acceptors (Lipinski definition) is 2. The molecule has 0 aliphatic rings. The molecular weight excluding hydrogens is 246 g/mol. The summed E-state index contributed by atoms with van der Waals surface area (Å²) in [5, 5.41) is 3.23. The van der Waals surface area contributed by atoms with Crippen LogP contribution in [0.15, 0.2) is 36.5 Å². The molecule has 1 N–H and O–H groups in total. The summed E-state index contributed by atoms with van der Waals surface area (Å²) >= 11 is 0. The summed E-state index contributed by atoms with van der Waals surface area (Å²) in [6.07, 6.45) is 1.17. The first-order chi connectivity index (χ1) is 9.11. The Bertz CT molecular complexity index is 553. The Kier molecular flexibility index (Phi) is 4.22. The van der Waals surface area contributed by atoms with Gasteiger partial charge in [-0.3, -0.25) is 4.98 Å². The molecule has 1 aromatic heterocycles. The Morgan fingerprint density at radius 2 is 2.00 bits per heavy atom. The number of nitrogens with one attached hydrogen (secondary N) is 1. The molecule has 0 radical (unpaired) electrons. The molecule has 2 rings (SSSR count). The molecule has 0 aliphatic carbocycles. The van der Waals surface area contributed by atoms with Crippen molar-refractivity contribution in [3.63, 3.8) is 0 Å². The number of nitrogens with zero attached hydrogens (tertiary/aromatic N) is 1. The summed E-state index contributed by atoms with van der Waals surface area (Å²) in [7, 11) is 0. The van der Waals surface area contributed by atoms with Gasteiger partial charge in [0.1, 0.15) is 11.6 Å². The van der Waals surface area contributed by atoms with E-state index in [1.807, 2.05) is 13.0 Å². The summed E-state index contributed by atoms with van der Waals surface area (Å²) in [6, 6.07) is 7.82. The molecule has 4 heteroatoms. The van der Waals surface area contributed by atoms with Gasteiger partial charge in [-0.25, -0.2) is 8.78 Å². The van der Waals surface area contributed by atoms with Crippen LogP contribution in [-0.2, 0) is 0 Å². The largest absolute Gasteiger partial charge is 0.305 e. The van der Waals surface area contributed by atoms with Gasteiger partial charge in [0.05, 0.1) is 17.9 Å². The van der Waals surface area contributed by atoms with Crippen molar-refractivity contribution in [1.82, 2.24) is 10.3 Å². The first kappa shape index (κ1) is 13.6. The Hall–Kier alpha value is -1.81.